The highest BCUT2D eigenvalue weighted by molar-refractivity contribution is 5.85. The van der Waals surface area contributed by atoms with Crippen LogP contribution in [0.5, 0.6) is 0 Å². The number of halogens is 1. The Labute approximate surface area is 54.4 Å². The lowest BCUT2D eigenvalue weighted by molar-refractivity contribution is 0.110. The first-order valence-corrected chi connectivity index (χ1v) is 2.41. The van der Waals surface area contributed by atoms with Gasteiger partial charge in [0.25, 0.3) is 0 Å². The Morgan fingerprint density at radius 1 is 1.62 bits per heavy atom. The number of ether oxygens (including phenoxy) is 1. The predicted molar refractivity (Wildman–Crippen MR) is 31.4 cm³/mol. The Hall–Kier alpha value is 0.170. The molecule has 0 spiro atoms. The minimum absolute atomic E-state index is 0. The van der Waals surface area contributed by atoms with Gasteiger partial charge in [-0.1, -0.05) is 0 Å². The fraction of sp³-hybridized carbons (Fsp3) is 1.00. The maximum Gasteiger partial charge on any atom is 0.0643 e. The third-order valence-electron chi connectivity index (χ3n) is 1.11. The van der Waals surface area contributed by atoms with Gasteiger partial charge in [0.15, 0.2) is 0 Å². The molecule has 0 radical (unpaired) electrons. The molecule has 1 fully saturated rings. The van der Waals surface area contributed by atoms with Crippen LogP contribution in [-0.4, -0.2) is 24.5 Å². The monoisotopic (exact) mass is 139 g/mol. The molecule has 1 atom stereocenters. The molecule has 8 heavy (non-hydrogen) atoms. The summed E-state index contributed by atoms with van der Waals surface area (Å²) in [6, 6.07) is 0.181. The Bertz CT molecular complexity index is 56.0. The van der Waals surface area contributed by atoms with Gasteiger partial charge in [0.05, 0.1) is 12.6 Å². The molecule has 1 aliphatic rings. The first kappa shape index (κ1) is 8.17. The van der Waals surface area contributed by atoms with Crippen molar-refractivity contribution in [3.63, 3.8) is 0 Å². The summed E-state index contributed by atoms with van der Waals surface area (Å²) in [7, 11) is 0. The van der Waals surface area contributed by atoms with Crippen LogP contribution in [-0.2, 0) is 4.74 Å². The van der Waals surface area contributed by atoms with Gasteiger partial charge in [-0.15, -0.1) is 12.4 Å². The summed E-state index contributed by atoms with van der Waals surface area (Å²) < 4.78 is 4.93. The van der Waals surface area contributed by atoms with E-state index in [1.165, 1.54) is 0 Å². The van der Waals surface area contributed by atoms with E-state index >= 15 is 0 Å². The van der Waals surface area contributed by atoms with Crippen LogP contribution >= 0.6 is 12.4 Å². The minimum atomic E-state index is 0. The van der Waals surface area contributed by atoms with Crippen molar-refractivity contribution in [1.29, 1.82) is 0 Å². The first-order valence-electron chi connectivity index (χ1n) is 2.41. The molecule has 1 unspecified atom stereocenters. The molecule has 0 aromatic carbocycles. The van der Waals surface area contributed by atoms with Crippen LogP contribution in [0, 0.1) is 0 Å². The van der Waals surface area contributed by atoms with Crippen LogP contribution in [0.1, 0.15) is 6.42 Å². The lowest BCUT2D eigenvalue weighted by Crippen LogP contribution is -2.25. The van der Waals surface area contributed by atoms with Crippen molar-refractivity contribution in [2.75, 3.05) is 13.2 Å². The fourth-order valence-electron chi connectivity index (χ4n) is 0.636. The third-order valence-corrected chi connectivity index (χ3v) is 1.11. The van der Waals surface area contributed by atoms with Gasteiger partial charge in [0, 0.05) is 6.61 Å². The normalized spacial score (nSPS) is 27.4. The number of hydrogen-bond acceptors (Lipinski definition) is 3. The molecular formula is C4H10ClNO2. The molecule has 0 bridgehead atoms. The Morgan fingerprint density at radius 2 is 2.38 bits per heavy atom. The maximum atomic E-state index is 8.24. The van der Waals surface area contributed by atoms with Crippen molar-refractivity contribution in [3.8, 4) is 0 Å². The largest absolute Gasteiger partial charge is 0.380 e. The summed E-state index contributed by atoms with van der Waals surface area (Å²) in [5, 5.41) is 8.24. The first-order chi connectivity index (χ1) is 3.43. The average Bonchev–Trinajstić information content (AvgIpc) is 2.14. The van der Waals surface area contributed by atoms with Crippen molar-refractivity contribution in [1.82, 2.24) is 5.48 Å². The van der Waals surface area contributed by atoms with E-state index in [2.05, 4.69) is 5.48 Å². The highest BCUT2D eigenvalue weighted by Gasteiger charge is 2.12. The molecule has 1 heterocycles. The summed E-state index contributed by atoms with van der Waals surface area (Å²) in [4.78, 5) is 0. The molecule has 0 aromatic heterocycles. The zero-order chi connectivity index (χ0) is 5.11. The van der Waals surface area contributed by atoms with Crippen LogP contribution in [0.2, 0.25) is 0 Å². The number of rotatable bonds is 1. The SMILES string of the molecule is Cl.ONC1CCOC1. The van der Waals surface area contributed by atoms with Crippen LogP contribution in [0.3, 0.4) is 0 Å². The summed E-state index contributed by atoms with van der Waals surface area (Å²) in [5.41, 5.74) is 2.14. The second-order valence-corrected chi connectivity index (χ2v) is 1.69. The standard InChI is InChI=1S/C4H9NO2.ClH/c6-5-4-1-2-7-3-4;/h4-6H,1-3H2;1H. The van der Waals surface area contributed by atoms with E-state index in [-0.39, 0.29) is 18.4 Å². The Balaban J connectivity index is 0.000000490. The van der Waals surface area contributed by atoms with Gasteiger partial charge in [-0.25, -0.2) is 5.48 Å². The quantitative estimate of drug-likeness (QED) is 0.509. The van der Waals surface area contributed by atoms with Crippen LogP contribution < -0.4 is 5.48 Å². The van der Waals surface area contributed by atoms with Crippen molar-refractivity contribution in [2.45, 2.75) is 12.5 Å². The van der Waals surface area contributed by atoms with Gasteiger partial charge >= 0.3 is 0 Å². The molecule has 1 saturated heterocycles. The van der Waals surface area contributed by atoms with E-state index in [9.17, 15) is 0 Å². The van der Waals surface area contributed by atoms with Gasteiger partial charge < -0.3 is 9.94 Å². The topological polar surface area (TPSA) is 41.5 Å². The van der Waals surface area contributed by atoms with Gasteiger partial charge in [-0.2, -0.15) is 0 Å². The second-order valence-electron chi connectivity index (χ2n) is 1.69. The lowest BCUT2D eigenvalue weighted by atomic mass is 10.3. The van der Waals surface area contributed by atoms with Gasteiger partial charge in [0.2, 0.25) is 0 Å². The summed E-state index contributed by atoms with van der Waals surface area (Å²) >= 11 is 0. The molecule has 1 aliphatic heterocycles. The fourth-order valence-corrected chi connectivity index (χ4v) is 0.636. The van der Waals surface area contributed by atoms with Crippen LogP contribution in [0.15, 0.2) is 0 Å². The van der Waals surface area contributed by atoms with E-state index in [4.69, 9.17) is 9.94 Å². The average molecular weight is 140 g/mol. The van der Waals surface area contributed by atoms with E-state index in [0.29, 0.717) is 6.61 Å². The minimum Gasteiger partial charge on any atom is -0.380 e. The number of hydrogen-bond donors (Lipinski definition) is 2. The third kappa shape index (κ3) is 1.96. The van der Waals surface area contributed by atoms with E-state index in [1.807, 2.05) is 0 Å². The smallest absolute Gasteiger partial charge is 0.0643 e. The van der Waals surface area contributed by atoms with Crippen molar-refractivity contribution < 1.29 is 9.94 Å². The number of hydroxylamine groups is 1. The molecule has 0 amide bonds. The van der Waals surface area contributed by atoms with E-state index in [0.717, 1.165) is 13.0 Å². The zero-order valence-electron chi connectivity index (χ0n) is 4.46. The molecule has 50 valence electrons. The maximum absolute atomic E-state index is 8.24. The number of nitrogens with one attached hydrogen (secondary N) is 1. The molecular weight excluding hydrogens is 130 g/mol. The molecule has 3 nitrogen and oxygen atoms in total. The summed E-state index contributed by atoms with van der Waals surface area (Å²) in [5.74, 6) is 0. The predicted octanol–water partition coefficient (Wildman–Crippen LogP) is 0.176. The molecule has 4 heteroatoms. The van der Waals surface area contributed by atoms with Crippen LogP contribution in [0.25, 0.3) is 0 Å². The molecule has 0 aliphatic carbocycles. The molecule has 0 saturated carbocycles. The highest BCUT2D eigenvalue weighted by atomic mass is 35.5. The molecule has 2 N–H and O–H groups in total. The van der Waals surface area contributed by atoms with Crippen molar-refractivity contribution in [2.24, 2.45) is 0 Å². The summed E-state index contributed by atoms with van der Waals surface area (Å²) in [6.07, 6.45) is 0.927. The second kappa shape index (κ2) is 4.09. The highest BCUT2D eigenvalue weighted by Crippen LogP contribution is 2.00. The van der Waals surface area contributed by atoms with E-state index in [1.54, 1.807) is 0 Å². The van der Waals surface area contributed by atoms with E-state index < -0.39 is 0 Å². The Morgan fingerprint density at radius 3 is 2.62 bits per heavy atom. The molecule has 0 aromatic rings. The Kier molecular flexibility index (Phi) is 4.18. The van der Waals surface area contributed by atoms with Gasteiger partial charge in [0.1, 0.15) is 0 Å². The summed E-state index contributed by atoms with van der Waals surface area (Å²) in [6.45, 7) is 1.43. The van der Waals surface area contributed by atoms with Crippen LogP contribution in [0.4, 0.5) is 0 Å². The van der Waals surface area contributed by atoms with Crippen molar-refractivity contribution >= 4 is 12.4 Å². The van der Waals surface area contributed by atoms with Crippen molar-refractivity contribution in [3.05, 3.63) is 0 Å². The molecule has 1 rings (SSSR count). The lowest BCUT2D eigenvalue weighted by Gasteiger charge is -1.99. The zero-order valence-corrected chi connectivity index (χ0v) is 5.28. The van der Waals surface area contributed by atoms with Gasteiger partial charge in [-0.05, 0) is 6.42 Å². The van der Waals surface area contributed by atoms with Gasteiger partial charge in [-0.3, -0.25) is 0 Å².